The lowest BCUT2D eigenvalue weighted by Crippen LogP contribution is -2.23. The Morgan fingerprint density at radius 2 is 2.15 bits per heavy atom. The Bertz CT molecular complexity index is 600. The van der Waals surface area contributed by atoms with Crippen LogP contribution in [0.2, 0.25) is 0 Å². The fourth-order valence-corrected chi connectivity index (χ4v) is 2.31. The molecule has 0 spiro atoms. The molecule has 106 valence electrons. The topological polar surface area (TPSA) is 29.9 Å². The molecule has 0 atom stereocenters. The summed E-state index contributed by atoms with van der Waals surface area (Å²) in [5, 5.41) is 7.87. The van der Waals surface area contributed by atoms with Crippen molar-refractivity contribution < 1.29 is 4.39 Å². The van der Waals surface area contributed by atoms with E-state index < -0.39 is 0 Å². The molecule has 1 N–H and O–H groups in total. The van der Waals surface area contributed by atoms with Crippen LogP contribution in [-0.2, 0) is 6.54 Å². The molecule has 1 aromatic carbocycles. The zero-order valence-electron chi connectivity index (χ0n) is 11.9. The zero-order chi connectivity index (χ0) is 14.1. The Morgan fingerprint density at radius 3 is 2.85 bits per heavy atom. The van der Waals surface area contributed by atoms with Crippen LogP contribution >= 0.6 is 0 Å². The van der Waals surface area contributed by atoms with Gasteiger partial charge in [0.1, 0.15) is 5.82 Å². The molecule has 2 aromatic rings. The first kappa shape index (κ1) is 13.3. The number of aromatic nitrogens is 2. The molecule has 20 heavy (non-hydrogen) atoms. The predicted molar refractivity (Wildman–Crippen MR) is 77.5 cm³/mol. The minimum Gasteiger partial charge on any atom is -0.310 e. The smallest absolute Gasteiger partial charge is 0.129 e. The first-order valence-corrected chi connectivity index (χ1v) is 7.22. The summed E-state index contributed by atoms with van der Waals surface area (Å²) >= 11 is 0. The summed E-state index contributed by atoms with van der Waals surface area (Å²) in [6.45, 7) is 4.62. The van der Waals surface area contributed by atoms with E-state index in [4.69, 9.17) is 0 Å². The minimum absolute atomic E-state index is 0.181. The van der Waals surface area contributed by atoms with E-state index in [1.54, 1.807) is 10.7 Å². The normalized spacial score (nSPS) is 15.0. The van der Waals surface area contributed by atoms with Gasteiger partial charge < -0.3 is 5.32 Å². The van der Waals surface area contributed by atoms with Gasteiger partial charge in [-0.1, -0.05) is 19.9 Å². The van der Waals surface area contributed by atoms with Gasteiger partial charge in [-0.3, -0.25) is 0 Å². The van der Waals surface area contributed by atoms with Crippen LogP contribution in [0.3, 0.4) is 0 Å². The van der Waals surface area contributed by atoms with Crippen molar-refractivity contribution in [3.63, 3.8) is 0 Å². The van der Waals surface area contributed by atoms with Gasteiger partial charge in [0.2, 0.25) is 0 Å². The van der Waals surface area contributed by atoms with Crippen molar-refractivity contribution >= 4 is 0 Å². The maximum absolute atomic E-state index is 14.1. The Balaban J connectivity index is 1.92. The van der Waals surface area contributed by atoms with E-state index in [0.717, 1.165) is 11.4 Å². The second-order valence-electron chi connectivity index (χ2n) is 5.73. The van der Waals surface area contributed by atoms with Crippen molar-refractivity contribution in [3.8, 4) is 5.69 Å². The molecule has 0 unspecified atom stereocenters. The highest BCUT2D eigenvalue weighted by Gasteiger charge is 2.26. The molecule has 0 saturated heterocycles. The second kappa shape index (κ2) is 5.37. The SMILES string of the molecule is CC(C)NCc1c(F)cccc1-n1ccc(C2CC2)n1. The van der Waals surface area contributed by atoms with Crippen molar-refractivity contribution in [2.45, 2.75) is 45.2 Å². The molecule has 1 heterocycles. The molecule has 0 amide bonds. The summed E-state index contributed by atoms with van der Waals surface area (Å²) in [4.78, 5) is 0. The monoisotopic (exact) mass is 273 g/mol. The molecule has 0 bridgehead atoms. The van der Waals surface area contributed by atoms with Gasteiger partial charge in [0.25, 0.3) is 0 Å². The van der Waals surface area contributed by atoms with Crippen molar-refractivity contribution in [1.82, 2.24) is 15.1 Å². The standard InChI is InChI=1S/C16H20FN3/c1-11(2)18-10-13-14(17)4-3-5-16(13)20-9-8-15(19-20)12-6-7-12/h3-5,8-9,11-12,18H,6-7,10H2,1-2H3. The average molecular weight is 273 g/mol. The van der Waals surface area contributed by atoms with Gasteiger partial charge in [-0.05, 0) is 31.0 Å². The summed E-state index contributed by atoms with van der Waals surface area (Å²) in [5.41, 5.74) is 2.62. The second-order valence-corrected chi connectivity index (χ2v) is 5.73. The average Bonchev–Trinajstić information content (AvgIpc) is 3.15. The van der Waals surface area contributed by atoms with Crippen LogP contribution in [-0.4, -0.2) is 15.8 Å². The highest BCUT2D eigenvalue weighted by atomic mass is 19.1. The van der Waals surface area contributed by atoms with E-state index >= 15 is 0 Å². The molecule has 1 aliphatic rings. The summed E-state index contributed by atoms with van der Waals surface area (Å²) in [6, 6.07) is 7.53. The van der Waals surface area contributed by atoms with E-state index in [1.165, 1.54) is 18.9 Å². The maximum atomic E-state index is 14.1. The van der Waals surface area contributed by atoms with Gasteiger partial charge in [0.05, 0.1) is 11.4 Å². The van der Waals surface area contributed by atoms with E-state index in [1.807, 2.05) is 18.3 Å². The van der Waals surface area contributed by atoms with Crippen molar-refractivity contribution in [2.75, 3.05) is 0 Å². The molecule has 1 fully saturated rings. The quantitative estimate of drug-likeness (QED) is 0.905. The Kier molecular flexibility index (Phi) is 3.57. The Labute approximate surface area is 118 Å². The first-order chi connectivity index (χ1) is 9.65. The van der Waals surface area contributed by atoms with E-state index in [0.29, 0.717) is 24.1 Å². The molecule has 1 aliphatic carbocycles. The summed E-state index contributed by atoms with van der Waals surface area (Å²) < 4.78 is 15.9. The molecule has 4 heteroatoms. The van der Waals surface area contributed by atoms with Gasteiger partial charge in [-0.25, -0.2) is 9.07 Å². The minimum atomic E-state index is -0.181. The van der Waals surface area contributed by atoms with Gasteiger partial charge in [-0.2, -0.15) is 5.10 Å². The summed E-state index contributed by atoms with van der Waals surface area (Å²) in [5.74, 6) is 0.432. The van der Waals surface area contributed by atoms with Gasteiger partial charge >= 0.3 is 0 Å². The predicted octanol–water partition coefficient (Wildman–Crippen LogP) is 3.39. The van der Waals surface area contributed by atoms with Crippen LogP contribution in [0, 0.1) is 5.82 Å². The molecule has 0 radical (unpaired) electrons. The number of hydrogen-bond donors (Lipinski definition) is 1. The fourth-order valence-electron chi connectivity index (χ4n) is 2.31. The van der Waals surface area contributed by atoms with E-state index in [2.05, 4.69) is 24.3 Å². The van der Waals surface area contributed by atoms with Gasteiger partial charge in [0.15, 0.2) is 0 Å². The van der Waals surface area contributed by atoms with Crippen LogP contribution in [0.25, 0.3) is 5.69 Å². The molecule has 3 nitrogen and oxygen atoms in total. The van der Waals surface area contributed by atoms with Crippen LogP contribution in [0.4, 0.5) is 4.39 Å². The third kappa shape index (κ3) is 2.75. The largest absolute Gasteiger partial charge is 0.310 e. The molecular weight excluding hydrogens is 253 g/mol. The number of nitrogens with zero attached hydrogens (tertiary/aromatic N) is 2. The van der Waals surface area contributed by atoms with Crippen LogP contribution in [0.5, 0.6) is 0 Å². The number of nitrogens with one attached hydrogen (secondary N) is 1. The van der Waals surface area contributed by atoms with Crippen molar-refractivity contribution in [2.24, 2.45) is 0 Å². The number of benzene rings is 1. The van der Waals surface area contributed by atoms with Gasteiger partial charge in [0, 0.05) is 30.3 Å². The van der Waals surface area contributed by atoms with Crippen molar-refractivity contribution in [3.05, 3.63) is 47.5 Å². The molecule has 3 rings (SSSR count). The summed E-state index contributed by atoms with van der Waals surface area (Å²) in [7, 11) is 0. The first-order valence-electron chi connectivity index (χ1n) is 7.22. The third-order valence-electron chi connectivity index (χ3n) is 3.63. The van der Waals surface area contributed by atoms with Gasteiger partial charge in [-0.15, -0.1) is 0 Å². The van der Waals surface area contributed by atoms with Crippen LogP contribution < -0.4 is 5.32 Å². The lowest BCUT2D eigenvalue weighted by atomic mass is 10.1. The zero-order valence-corrected chi connectivity index (χ0v) is 11.9. The van der Waals surface area contributed by atoms with E-state index in [9.17, 15) is 4.39 Å². The lowest BCUT2D eigenvalue weighted by Gasteiger charge is -2.13. The number of hydrogen-bond acceptors (Lipinski definition) is 2. The molecule has 1 saturated carbocycles. The Morgan fingerprint density at radius 1 is 1.35 bits per heavy atom. The van der Waals surface area contributed by atoms with E-state index in [-0.39, 0.29) is 5.82 Å². The molecule has 1 aromatic heterocycles. The number of halogens is 1. The highest BCUT2D eigenvalue weighted by Crippen LogP contribution is 2.39. The molecular formula is C16H20FN3. The van der Waals surface area contributed by atoms with Crippen LogP contribution in [0.1, 0.15) is 43.9 Å². The number of rotatable bonds is 5. The fraction of sp³-hybridized carbons (Fsp3) is 0.438. The lowest BCUT2D eigenvalue weighted by molar-refractivity contribution is 0.549. The highest BCUT2D eigenvalue weighted by molar-refractivity contribution is 5.41. The maximum Gasteiger partial charge on any atom is 0.129 e. The van der Waals surface area contributed by atoms with Crippen molar-refractivity contribution in [1.29, 1.82) is 0 Å². The molecule has 0 aliphatic heterocycles. The van der Waals surface area contributed by atoms with Crippen LogP contribution in [0.15, 0.2) is 30.5 Å². The Hall–Kier alpha value is -1.68. The summed E-state index contributed by atoms with van der Waals surface area (Å²) in [6.07, 6.45) is 4.38. The third-order valence-corrected chi connectivity index (χ3v) is 3.63.